The highest BCUT2D eigenvalue weighted by atomic mass is 16.3. The molecule has 0 spiro atoms. The van der Waals surface area contributed by atoms with Crippen molar-refractivity contribution in [2.45, 2.75) is 26.4 Å². The molecule has 0 bridgehead atoms. The number of amides is 1. The minimum atomic E-state index is -0.920. The van der Waals surface area contributed by atoms with E-state index in [2.05, 4.69) is 15.5 Å². The largest absolute Gasteiger partial charge is 0.388 e. The minimum absolute atomic E-state index is 0.0631. The van der Waals surface area contributed by atoms with Crippen molar-refractivity contribution in [1.29, 1.82) is 0 Å². The smallest absolute Gasteiger partial charge is 0.252 e. The van der Waals surface area contributed by atoms with Gasteiger partial charge in [-0.15, -0.1) is 10.2 Å². The minimum Gasteiger partial charge on any atom is -0.388 e. The Bertz CT molecular complexity index is 589. The van der Waals surface area contributed by atoms with Crippen molar-refractivity contribution in [3.63, 3.8) is 0 Å². The molecule has 1 unspecified atom stereocenters. The molecule has 1 atom stereocenters. The first-order chi connectivity index (χ1) is 8.90. The van der Waals surface area contributed by atoms with E-state index < -0.39 is 5.60 Å². The summed E-state index contributed by atoms with van der Waals surface area (Å²) in [5.41, 5.74) is 0.272. The van der Waals surface area contributed by atoms with Crippen molar-refractivity contribution in [1.82, 2.24) is 19.9 Å². The Morgan fingerprint density at radius 2 is 2.26 bits per heavy atom. The van der Waals surface area contributed by atoms with Crippen LogP contribution < -0.4 is 5.32 Å². The lowest BCUT2D eigenvalue weighted by molar-refractivity contribution is 0.0142. The molecule has 1 amide bonds. The van der Waals surface area contributed by atoms with Crippen LogP contribution in [0.2, 0.25) is 0 Å². The Hall–Kier alpha value is -1.95. The lowest BCUT2D eigenvalue weighted by atomic mass is 9.92. The third-order valence-corrected chi connectivity index (χ3v) is 3.40. The number of carbonyl (C=O) groups is 1. The molecule has 2 heterocycles. The molecule has 2 aromatic rings. The normalized spacial score (nSPS) is 14.6. The molecule has 0 aliphatic heterocycles. The zero-order valence-corrected chi connectivity index (χ0v) is 11.3. The van der Waals surface area contributed by atoms with Gasteiger partial charge in [0.25, 0.3) is 5.91 Å². The zero-order chi connectivity index (χ0) is 14.0. The third-order valence-electron chi connectivity index (χ3n) is 3.40. The molecule has 19 heavy (non-hydrogen) atoms. The molecular formula is C13H18N4O2. The van der Waals surface area contributed by atoms with Crippen molar-refractivity contribution in [2.75, 3.05) is 6.54 Å². The molecular weight excluding hydrogens is 244 g/mol. The van der Waals surface area contributed by atoms with Gasteiger partial charge in [-0.2, -0.15) is 0 Å². The molecule has 102 valence electrons. The van der Waals surface area contributed by atoms with Crippen LogP contribution in [-0.4, -0.2) is 37.8 Å². The van der Waals surface area contributed by atoms with Crippen LogP contribution in [0.3, 0.4) is 0 Å². The van der Waals surface area contributed by atoms with E-state index in [-0.39, 0.29) is 18.4 Å². The fourth-order valence-electron chi connectivity index (χ4n) is 1.53. The SMILES string of the molecule is CC(C)C(C)(O)CNC(=O)c1ccc2nncn2c1. The van der Waals surface area contributed by atoms with Gasteiger partial charge in [0.2, 0.25) is 0 Å². The van der Waals surface area contributed by atoms with Crippen LogP contribution >= 0.6 is 0 Å². The van der Waals surface area contributed by atoms with Crippen LogP contribution in [0.5, 0.6) is 0 Å². The Morgan fingerprint density at radius 3 is 2.95 bits per heavy atom. The maximum absolute atomic E-state index is 12.0. The number of pyridine rings is 1. The van der Waals surface area contributed by atoms with Crippen molar-refractivity contribution >= 4 is 11.6 Å². The molecule has 0 fully saturated rings. The molecule has 0 saturated heterocycles. The van der Waals surface area contributed by atoms with E-state index in [9.17, 15) is 9.90 Å². The maximum atomic E-state index is 12.0. The van der Waals surface area contributed by atoms with E-state index in [1.54, 1.807) is 29.7 Å². The second-order valence-corrected chi connectivity index (χ2v) is 5.21. The van der Waals surface area contributed by atoms with Crippen molar-refractivity contribution < 1.29 is 9.90 Å². The third kappa shape index (κ3) is 2.90. The molecule has 6 nitrogen and oxygen atoms in total. The second-order valence-electron chi connectivity index (χ2n) is 5.21. The molecule has 0 aliphatic carbocycles. The lowest BCUT2D eigenvalue weighted by Crippen LogP contribution is -2.44. The number of nitrogens with zero attached hydrogens (tertiary/aromatic N) is 3. The summed E-state index contributed by atoms with van der Waals surface area (Å²) in [5.74, 6) is -0.162. The van der Waals surface area contributed by atoms with E-state index in [0.717, 1.165) is 0 Å². The topological polar surface area (TPSA) is 79.5 Å². The van der Waals surface area contributed by atoms with Crippen LogP contribution in [0.25, 0.3) is 5.65 Å². The second kappa shape index (κ2) is 4.97. The first-order valence-electron chi connectivity index (χ1n) is 6.20. The van der Waals surface area contributed by atoms with Gasteiger partial charge in [-0.05, 0) is 25.0 Å². The highest BCUT2D eigenvalue weighted by Crippen LogP contribution is 2.14. The van der Waals surface area contributed by atoms with Gasteiger partial charge in [0.1, 0.15) is 6.33 Å². The number of nitrogens with one attached hydrogen (secondary N) is 1. The maximum Gasteiger partial charge on any atom is 0.252 e. The molecule has 2 aromatic heterocycles. The van der Waals surface area contributed by atoms with Crippen molar-refractivity contribution in [2.24, 2.45) is 5.92 Å². The first kappa shape index (κ1) is 13.5. The summed E-state index contributed by atoms with van der Waals surface area (Å²) < 4.78 is 1.68. The van der Waals surface area contributed by atoms with E-state index in [4.69, 9.17) is 0 Å². The Labute approximate surface area is 111 Å². The predicted molar refractivity (Wildman–Crippen MR) is 70.8 cm³/mol. The molecule has 2 rings (SSSR count). The average molecular weight is 262 g/mol. The van der Waals surface area contributed by atoms with Crippen LogP contribution in [0, 0.1) is 5.92 Å². The average Bonchev–Trinajstić information content (AvgIpc) is 2.82. The number of hydrogen-bond acceptors (Lipinski definition) is 4. The van der Waals surface area contributed by atoms with E-state index in [1.807, 2.05) is 13.8 Å². The number of hydrogen-bond donors (Lipinski definition) is 2. The number of rotatable bonds is 4. The molecule has 0 saturated carbocycles. The lowest BCUT2D eigenvalue weighted by Gasteiger charge is -2.27. The van der Waals surface area contributed by atoms with Crippen LogP contribution in [0.1, 0.15) is 31.1 Å². The summed E-state index contributed by atoms with van der Waals surface area (Å²) in [6.45, 7) is 5.75. The Balaban J connectivity index is 2.07. The summed E-state index contributed by atoms with van der Waals surface area (Å²) >= 11 is 0. The summed E-state index contributed by atoms with van der Waals surface area (Å²) in [6.07, 6.45) is 3.20. The summed E-state index contributed by atoms with van der Waals surface area (Å²) in [5, 5.41) is 20.4. The number of aromatic nitrogens is 3. The van der Waals surface area contributed by atoms with Crippen LogP contribution in [0.15, 0.2) is 24.7 Å². The van der Waals surface area contributed by atoms with E-state index in [1.165, 1.54) is 6.33 Å². The first-order valence-corrected chi connectivity index (χ1v) is 6.20. The number of aliphatic hydroxyl groups is 1. The van der Waals surface area contributed by atoms with Gasteiger partial charge in [-0.3, -0.25) is 9.20 Å². The number of carbonyl (C=O) groups excluding carboxylic acids is 1. The van der Waals surface area contributed by atoms with Crippen molar-refractivity contribution in [3.8, 4) is 0 Å². The predicted octanol–water partition coefficient (Wildman–Crippen LogP) is 0.866. The highest BCUT2D eigenvalue weighted by molar-refractivity contribution is 5.94. The fourth-order valence-corrected chi connectivity index (χ4v) is 1.53. The standard InChI is InChI=1S/C13H18N4O2/c1-9(2)13(3,19)7-14-12(18)10-4-5-11-16-15-8-17(11)6-10/h4-6,8-9,19H,7H2,1-3H3,(H,14,18). The van der Waals surface area contributed by atoms with Crippen LogP contribution in [0.4, 0.5) is 0 Å². The van der Waals surface area contributed by atoms with Gasteiger partial charge in [0.05, 0.1) is 11.2 Å². The summed E-state index contributed by atoms with van der Waals surface area (Å²) in [4.78, 5) is 12.0. The Morgan fingerprint density at radius 1 is 1.53 bits per heavy atom. The molecule has 0 radical (unpaired) electrons. The Kier molecular flexibility index (Phi) is 3.53. The van der Waals surface area contributed by atoms with Gasteiger partial charge < -0.3 is 10.4 Å². The van der Waals surface area contributed by atoms with E-state index >= 15 is 0 Å². The van der Waals surface area contributed by atoms with Gasteiger partial charge in [0.15, 0.2) is 5.65 Å². The molecule has 2 N–H and O–H groups in total. The molecule has 6 heteroatoms. The van der Waals surface area contributed by atoms with Gasteiger partial charge in [-0.1, -0.05) is 13.8 Å². The molecule has 0 aromatic carbocycles. The fraction of sp³-hybridized carbons (Fsp3) is 0.462. The summed E-state index contributed by atoms with van der Waals surface area (Å²) in [6, 6.07) is 3.41. The van der Waals surface area contributed by atoms with Crippen LogP contribution in [-0.2, 0) is 0 Å². The molecule has 0 aliphatic rings. The quantitative estimate of drug-likeness (QED) is 0.856. The van der Waals surface area contributed by atoms with Gasteiger partial charge >= 0.3 is 0 Å². The monoisotopic (exact) mass is 262 g/mol. The highest BCUT2D eigenvalue weighted by Gasteiger charge is 2.25. The summed E-state index contributed by atoms with van der Waals surface area (Å²) in [7, 11) is 0. The van der Waals surface area contributed by atoms with Gasteiger partial charge in [0, 0.05) is 12.7 Å². The van der Waals surface area contributed by atoms with E-state index in [0.29, 0.717) is 11.2 Å². The zero-order valence-electron chi connectivity index (χ0n) is 11.3. The van der Waals surface area contributed by atoms with Gasteiger partial charge in [-0.25, -0.2) is 0 Å². The van der Waals surface area contributed by atoms with Crippen molar-refractivity contribution in [3.05, 3.63) is 30.2 Å². The number of fused-ring (bicyclic) bond motifs is 1.